The van der Waals surface area contributed by atoms with Crippen LogP contribution < -0.4 is 24.6 Å². The summed E-state index contributed by atoms with van der Waals surface area (Å²) in [5, 5.41) is 3.64. The van der Waals surface area contributed by atoms with Crippen LogP contribution in [0, 0.1) is 0 Å². The molecular weight excluding hydrogens is 461 g/mol. The number of ether oxygens (including phenoxy) is 2. The van der Waals surface area contributed by atoms with Crippen LogP contribution in [0.25, 0.3) is 0 Å². The van der Waals surface area contributed by atoms with E-state index in [1.165, 1.54) is 31.4 Å². The van der Waals surface area contributed by atoms with Crippen LogP contribution in [0.5, 0.6) is 11.8 Å². The molecular formula is C21H20ClF3N6O2. The molecule has 0 spiro atoms. The molecule has 33 heavy (non-hydrogen) atoms. The van der Waals surface area contributed by atoms with E-state index in [2.05, 4.69) is 29.9 Å². The highest BCUT2D eigenvalue weighted by molar-refractivity contribution is 6.30. The number of rotatable bonds is 6. The molecule has 0 radical (unpaired) electrons. The molecule has 0 aliphatic carbocycles. The van der Waals surface area contributed by atoms with Crippen molar-refractivity contribution in [2.75, 3.05) is 48.4 Å². The van der Waals surface area contributed by atoms with Gasteiger partial charge in [-0.2, -0.15) is 15.0 Å². The van der Waals surface area contributed by atoms with Crippen molar-refractivity contribution in [3.8, 4) is 11.8 Å². The minimum Gasteiger partial charge on any atom is -0.467 e. The van der Waals surface area contributed by atoms with Crippen molar-refractivity contribution < 1.29 is 22.6 Å². The van der Waals surface area contributed by atoms with Crippen molar-refractivity contribution in [3.05, 3.63) is 53.6 Å². The van der Waals surface area contributed by atoms with Crippen LogP contribution in [0.15, 0.2) is 48.5 Å². The standard InChI is InChI=1S/C21H20ClF3N6O2/c1-32-20-28-18(26-15-5-7-17(8-6-15)33-21(23,24)25)27-19(29-20)31-11-9-30(10-12-31)16-4-2-3-14(22)13-16/h2-8,13H,9-12H2,1H3,(H,26,27,28,29). The summed E-state index contributed by atoms with van der Waals surface area (Å²) in [5.41, 5.74) is 1.53. The van der Waals surface area contributed by atoms with Gasteiger partial charge in [0.2, 0.25) is 11.9 Å². The first-order valence-electron chi connectivity index (χ1n) is 9.97. The minimum atomic E-state index is -4.75. The zero-order chi connectivity index (χ0) is 23.4. The van der Waals surface area contributed by atoms with Gasteiger partial charge in [-0.05, 0) is 42.5 Å². The highest BCUT2D eigenvalue weighted by atomic mass is 35.5. The molecule has 1 saturated heterocycles. The summed E-state index contributed by atoms with van der Waals surface area (Å²) < 4.78 is 46.1. The Morgan fingerprint density at radius 3 is 2.27 bits per heavy atom. The van der Waals surface area contributed by atoms with E-state index in [1.54, 1.807) is 0 Å². The van der Waals surface area contributed by atoms with Gasteiger partial charge in [0.05, 0.1) is 7.11 Å². The van der Waals surface area contributed by atoms with Gasteiger partial charge >= 0.3 is 12.4 Å². The molecule has 1 N–H and O–H groups in total. The summed E-state index contributed by atoms with van der Waals surface area (Å²) >= 11 is 6.10. The van der Waals surface area contributed by atoms with Crippen molar-refractivity contribution >= 4 is 34.9 Å². The maximum atomic E-state index is 12.3. The highest BCUT2D eigenvalue weighted by Crippen LogP contribution is 2.26. The Morgan fingerprint density at radius 1 is 0.939 bits per heavy atom. The lowest BCUT2D eigenvalue weighted by atomic mass is 10.2. The van der Waals surface area contributed by atoms with Gasteiger partial charge in [0.1, 0.15) is 5.75 Å². The van der Waals surface area contributed by atoms with Crippen molar-refractivity contribution in [1.29, 1.82) is 0 Å². The van der Waals surface area contributed by atoms with Gasteiger partial charge in [-0.3, -0.25) is 0 Å². The molecule has 2 heterocycles. The zero-order valence-electron chi connectivity index (χ0n) is 17.5. The third-order valence-electron chi connectivity index (χ3n) is 4.87. The number of alkyl halides is 3. The van der Waals surface area contributed by atoms with E-state index in [0.29, 0.717) is 29.7 Å². The lowest BCUT2D eigenvalue weighted by molar-refractivity contribution is -0.274. The number of anilines is 4. The maximum Gasteiger partial charge on any atom is 0.573 e. The van der Waals surface area contributed by atoms with E-state index in [-0.39, 0.29) is 17.7 Å². The maximum absolute atomic E-state index is 12.3. The van der Waals surface area contributed by atoms with Crippen molar-refractivity contribution in [2.45, 2.75) is 6.36 Å². The third-order valence-corrected chi connectivity index (χ3v) is 5.10. The summed E-state index contributed by atoms with van der Waals surface area (Å²) in [5.74, 6) is 0.324. The molecule has 4 rings (SSSR count). The molecule has 8 nitrogen and oxygen atoms in total. The highest BCUT2D eigenvalue weighted by Gasteiger charge is 2.31. The van der Waals surface area contributed by atoms with E-state index in [0.717, 1.165) is 18.8 Å². The molecule has 1 fully saturated rings. The first kappa shape index (κ1) is 22.7. The average molecular weight is 481 g/mol. The molecule has 0 amide bonds. The van der Waals surface area contributed by atoms with Crippen LogP contribution in [0.2, 0.25) is 5.02 Å². The number of piperazine rings is 1. The predicted molar refractivity (Wildman–Crippen MR) is 119 cm³/mol. The molecule has 3 aromatic rings. The fourth-order valence-corrected chi connectivity index (χ4v) is 3.53. The van der Waals surface area contributed by atoms with Gasteiger partial charge in [0, 0.05) is 42.6 Å². The van der Waals surface area contributed by atoms with Gasteiger partial charge in [0.25, 0.3) is 0 Å². The zero-order valence-corrected chi connectivity index (χ0v) is 18.3. The Balaban J connectivity index is 1.45. The number of nitrogens with one attached hydrogen (secondary N) is 1. The van der Waals surface area contributed by atoms with Crippen molar-refractivity contribution in [3.63, 3.8) is 0 Å². The number of hydrogen-bond acceptors (Lipinski definition) is 8. The second-order valence-corrected chi connectivity index (χ2v) is 7.53. The monoisotopic (exact) mass is 480 g/mol. The smallest absolute Gasteiger partial charge is 0.467 e. The molecule has 12 heteroatoms. The molecule has 1 aliphatic heterocycles. The summed E-state index contributed by atoms with van der Waals surface area (Å²) in [6.07, 6.45) is -4.75. The van der Waals surface area contributed by atoms with E-state index < -0.39 is 6.36 Å². The normalized spacial score (nSPS) is 14.2. The number of nitrogens with zero attached hydrogens (tertiary/aromatic N) is 5. The average Bonchev–Trinajstić information content (AvgIpc) is 2.79. The largest absolute Gasteiger partial charge is 0.573 e. The Bertz CT molecular complexity index is 1090. The molecule has 0 unspecified atom stereocenters. The lowest BCUT2D eigenvalue weighted by Gasteiger charge is -2.36. The molecule has 0 saturated carbocycles. The number of halogens is 4. The Labute approximate surface area is 192 Å². The van der Waals surface area contributed by atoms with Crippen LogP contribution in [-0.2, 0) is 0 Å². The predicted octanol–water partition coefficient (Wildman–Crippen LogP) is 4.50. The van der Waals surface area contributed by atoms with E-state index in [4.69, 9.17) is 16.3 Å². The number of methoxy groups -OCH3 is 1. The summed E-state index contributed by atoms with van der Waals surface area (Å²) in [4.78, 5) is 17.2. The van der Waals surface area contributed by atoms with Gasteiger partial charge < -0.3 is 24.6 Å². The quantitative estimate of drug-likeness (QED) is 0.552. The third kappa shape index (κ3) is 6.07. The summed E-state index contributed by atoms with van der Waals surface area (Å²) in [6.45, 7) is 2.83. The molecule has 0 bridgehead atoms. The first-order chi connectivity index (χ1) is 15.8. The molecule has 0 atom stereocenters. The molecule has 1 aliphatic rings. The van der Waals surface area contributed by atoms with Gasteiger partial charge in [-0.1, -0.05) is 17.7 Å². The topological polar surface area (TPSA) is 75.6 Å². The second-order valence-electron chi connectivity index (χ2n) is 7.10. The number of aromatic nitrogens is 3. The van der Waals surface area contributed by atoms with Crippen LogP contribution in [0.4, 0.5) is 36.4 Å². The van der Waals surface area contributed by atoms with Crippen LogP contribution in [0.1, 0.15) is 0 Å². The van der Waals surface area contributed by atoms with Crippen molar-refractivity contribution in [2.24, 2.45) is 0 Å². The minimum absolute atomic E-state index is 0.122. The van der Waals surface area contributed by atoms with E-state index in [1.807, 2.05) is 29.2 Å². The number of benzene rings is 2. The Morgan fingerprint density at radius 2 is 1.64 bits per heavy atom. The Hall–Kier alpha value is -3.47. The van der Waals surface area contributed by atoms with Crippen LogP contribution in [-0.4, -0.2) is 54.6 Å². The van der Waals surface area contributed by atoms with E-state index in [9.17, 15) is 13.2 Å². The fourth-order valence-electron chi connectivity index (χ4n) is 3.34. The van der Waals surface area contributed by atoms with Gasteiger partial charge in [-0.15, -0.1) is 13.2 Å². The Kier molecular flexibility index (Phi) is 6.59. The molecule has 174 valence electrons. The first-order valence-corrected chi connectivity index (χ1v) is 10.4. The summed E-state index contributed by atoms with van der Waals surface area (Å²) in [7, 11) is 1.45. The SMILES string of the molecule is COc1nc(Nc2ccc(OC(F)(F)F)cc2)nc(N2CCN(c3cccc(Cl)c3)CC2)n1. The van der Waals surface area contributed by atoms with Crippen LogP contribution in [0.3, 0.4) is 0 Å². The fraction of sp³-hybridized carbons (Fsp3) is 0.286. The second kappa shape index (κ2) is 9.57. The molecule has 1 aromatic heterocycles. The number of hydrogen-bond donors (Lipinski definition) is 1. The van der Waals surface area contributed by atoms with E-state index >= 15 is 0 Å². The van der Waals surface area contributed by atoms with Crippen molar-refractivity contribution in [1.82, 2.24) is 15.0 Å². The van der Waals surface area contributed by atoms with Gasteiger partial charge in [-0.25, -0.2) is 0 Å². The van der Waals surface area contributed by atoms with Gasteiger partial charge in [0.15, 0.2) is 0 Å². The lowest BCUT2D eigenvalue weighted by Crippen LogP contribution is -2.47. The molecule has 2 aromatic carbocycles. The van der Waals surface area contributed by atoms with Crippen LogP contribution >= 0.6 is 11.6 Å². The summed E-state index contributed by atoms with van der Waals surface area (Å²) in [6, 6.07) is 13.1.